The Morgan fingerprint density at radius 2 is 1.81 bits per heavy atom. The van der Waals surface area contributed by atoms with Crippen LogP contribution in [0, 0.1) is 0 Å². The highest BCUT2D eigenvalue weighted by Crippen LogP contribution is 2.32. The van der Waals surface area contributed by atoms with Crippen molar-refractivity contribution in [3.05, 3.63) is 65.7 Å². The molecule has 3 N–H and O–H groups in total. The summed E-state index contributed by atoms with van der Waals surface area (Å²) in [6, 6.07) is 14.5. The molecular formula is C20H20N2O5. The average molecular weight is 368 g/mol. The van der Waals surface area contributed by atoms with Crippen molar-refractivity contribution in [3.63, 3.8) is 0 Å². The van der Waals surface area contributed by atoms with Gasteiger partial charge < -0.3 is 15.2 Å². The van der Waals surface area contributed by atoms with Crippen LogP contribution in [0.4, 0.5) is 5.69 Å². The molecular weight excluding hydrogens is 348 g/mol. The Morgan fingerprint density at radius 1 is 1.15 bits per heavy atom. The van der Waals surface area contributed by atoms with Crippen LogP contribution in [0.3, 0.4) is 0 Å². The smallest absolute Gasteiger partial charge is 0.321 e. The molecule has 2 aromatic rings. The number of carboxylic acid groups (broad SMARTS) is 1. The second kappa shape index (κ2) is 8.01. The fourth-order valence-electron chi connectivity index (χ4n) is 3.16. The van der Waals surface area contributed by atoms with Gasteiger partial charge in [-0.3, -0.25) is 19.7 Å². The zero-order chi connectivity index (χ0) is 19.4. The van der Waals surface area contributed by atoms with Gasteiger partial charge in [-0.15, -0.1) is 0 Å². The summed E-state index contributed by atoms with van der Waals surface area (Å²) in [5, 5.41) is 15.4. The first kappa shape index (κ1) is 18.6. The number of para-hydroxylation sites is 1. The molecule has 140 valence electrons. The van der Waals surface area contributed by atoms with E-state index in [2.05, 4.69) is 10.6 Å². The van der Waals surface area contributed by atoms with Crippen LogP contribution >= 0.6 is 0 Å². The predicted octanol–water partition coefficient (Wildman–Crippen LogP) is 1.90. The van der Waals surface area contributed by atoms with Gasteiger partial charge in [0.1, 0.15) is 6.04 Å². The maximum atomic E-state index is 12.4. The van der Waals surface area contributed by atoms with Crippen LogP contribution in [-0.2, 0) is 25.5 Å². The van der Waals surface area contributed by atoms with Gasteiger partial charge in [-0.1, -0.05) is 48.5 Å². The minimum atomic E-state index is -1.16. The van der Waals surface area contributed by atoms with Gasteiger partial charge in [0.25, 0.3) is 5.91 Å². The van der Waals surface area contributed by atoms with E-state index in [4.69, 9.17) is 4.74 Å². The molecule has 3 atom stereocenters. The SMILES string of the molecule is CC(=O)OC1C(=O)Nc2ccccc2C1NC(Cc1ccccc1)C(=O)O. The average Bonchev–Trinajstić information content (AvgIpc) is 2.64. The van der Waals surface area contributed by atoms with Crippen LogP contribution in [0.1, 0.15) is 24.1 Å². The number of carbonyl (C=O) groups excluding carboxylic acids is 2. The van der Waals surface area contributed by atoms with Crippen molar-refractivity contribution in [2.45, 2.75) is 31.5 Å². The van der Waals surface area contributed by atoms with Crippen LogP contribution in [0.25, 0.3) is 0 Å². The van der Waals surface area contributed by atoms with E-state index in [0.29, 0.717) is 11.3 Å². The Kier molecular flexibility index (Phi) is 5.52. The number of rotatable bonds is 6. The molecule has 0 bridgehead atoms. The molecule has 0 fully saturated rings. The van der Waals surface area contributed by atoms with E-state index in [1.165, 1.54) is 6.92 Å². The zero-order valence-corrected chi connectivity index (χ0v) is 14.7. The highest BCUT2D eigenvalue weighted by molar-refractivity contribution is 5.99. The van der Waals surface area contributed by atoms with E-state index < -0.39 is 36.0 Å². The van der Waals surface area contributed by atoms with E-state index in [0.717, 1.165) is 5.56 Å². The number of nitrogens with one attached hydrogen (secondary N) is 2. The number of amides is 1. The number of hydrogen-bond donors (Lipinski definition) is 3. The number of ether oxygens (including phenoxy) is 1. The Morgan fingerprint density at radius 3 is 2.48 bits per heavy atom. The second-order valence-corrected chi connectivity index (χ2v) is 6.33. The van der Waals surface area contributed by atoms with Crippen molar-refractivity contribution >= 4 is 23.5 Å². The number of carboxylic acids is 1. The van der Waals surface area contributed by atoms with E-state index in [9.17, 15) is 19.5 Å². The first-order valence-corrected chi connectivity index (χ1v) is 8.55. The number of hydrogen-bond acceptors (Lipinski definition) is 5. The number of esters is 1. The van der Waals surface area contributed by atoms with Crippen molar-refractivity contribution in [3.8, 4) is 0 Å². The largest absolute Gasteiger partial charge is 0.480 e. The fraction of sp³-hybridized carbons (Fsp3) is 0.250. The summed E-state index contributed by atoms with van der Waals surface area (Å²) in [6.45, 7) is 1.21. The third kappa shape index (κ3) is 4.32. The molecule has 1 heterocycles. The number of fused-ring (bicyclic) bond motifs is 1. The minimum absolute atomic E-state index is 0.225. The lowest BCUT2D eigenvalue weighted by atomic mass is 9.93. The summed E-state index contributed by atoms with van der Waals surface area (Å²) >= 11 is 0. The second-order valence-electron chi connectivity index (χ2n) is 6.33. The van der Waals surface area contributed by atoms with Gasteiger partial charge in [-0.25, -0.2) is 0 Å². The van der Waals surface area contributed by atoms with Crippen LogP contribution in [-0.4, -0.2) is 35.1 Å². The molecule has 0 saturated carbocycles. The molecule has 0 radical (unpaired) electrons. The highest BCUT2D eigenvalue weighted by Gasteiger charge is 2.40. The fourth-order valence-corrected chi connectivity index (χ4v) is 3.16. The lowest BCUT2D eigenvalue weighted by Crippen LogP contribution is -2.51. The van der Waals surface area contributed by atoms with Crippen molar-refractivity contribution in [1.82, 2.24) is 5.32 Å². The zero-order valence-electron chi connectivity index (χ0n) is 14.7. The molecule has 0 aliphatic carbocycles. The van der Waals surface area contributed by atoms with Crippen molar-refractivity contribution in [2.24, 2.45) is 0 Å². The molecule has 0 saturated heterocycles. The van der Waals surface area contributed by atoms with E-state index >= 15 is 0 Å². The Labute approximate surface area is 156 Å². The number of aliphatic carboxylic acids is 1. The lowest BCUT2D eigenvalue weighted by Gasteiger charge is -2.34. The number of benzene rings is 2. The third-order valence-corrected chi connectivity index (χ3v) is 4.37. The molecule has 1 aliphatic rings. The standard InChI is InChI=1S/C20H20N2O5/c1-12(23)27-18-17(14-9-5-6-10-15(14)22-19(18)24)21-16(20(25)26)11-13-7-3-2-4-8-13/h2-10,16-18,21H,11H2,1H3,(H,22,24)(H,25,26). The summed E-state index contributed by atoms with van der Waals surface area (Å²) in [5.74, 6) is -2.16. The molecule has 7 heteroatoms. The Hall–Kier alpha value is -3.19. The quantitative estimate of drug-likeness (QED) is 0.673. The van der Waals surface area contributed by atoms with Gasteiger partial charge in [0, 0.05) is 12.6 Å². The highest BCUT2D eigenvalue weighted by atomic mass is 16.5. The monoisotopic (exact) mass is 368 g/mol. The molecule has 0 aromatic heterocycles. The summed E-state index contributed by atoms with van der Waals surface area (Å²) in [6.07, 6.45) is -0.932. The molecule has 3 rings (SSSR count). The number of carbonyl (C=O) groups is 3. The third-order valence-electron chi connectivity index (χ3n) is 4.37. The Bertz CT molecular complexity index is 852. The van der Waals surface area contributed by atoms with Crippen molar-refractivity contribution < 1.29 is 24.2 Å². The number of anilines is 1. The van der Waals surface area contributed by atoms with Gasteiger partial charge in [0.2, 0.25) is 0 Å². The minimum Gasteiger partial charge on any atom is -0.480 e. The van der Waals surface area contributed by atoms with Crippen LogP contribution in [0.15, 0.2) is 54.6 Å². The topological polar surface area (TPSA) is 105 Å². The summed E-state index contributed by atoms with van der Waals surface area (Å²) in [5.41, 5.74) is 2.07. The van der Waals surface area contributed by atoms with Gasteiger partial charge in [0.15, 0.2) is 6.10 Å². The van der Waals surface area contributed by atoms with E-state index in [1.54, 1.807) is 24.3 Å². The predicted molar refractivity (Wildman–Crippen MR) is 98.1 cm³/mol. The van der Waals surface area contributed by atoms with E-state index in [1.807, 2.05) is 30.3 Å². The van der Waals surface area contributed by atoms with Gasteiger partial charge in [-0.05, 0) is 23.6 Å². The molecule has 1 amide bonds. The normalized spacial score (nSPS) is 19.5. The van der Waals surface area contributed by atoms with Crippen molar-refractivity contribution in [1.29, 1.82) is 0 Å². The first-order chi connectivity index (χ1) is 13.0. The lowest BCUT2D eigenvalue weighted by molar-refractivity contribution is -0.155. The summed E-state index contributed by atoms with van der Waals surface area (Å²) in [4.78, 5) is 35.7. The van der Waals surface area contributed by atoms with Gasteiger partial charge in [0.05, 0.1) is 6.04 Å². The summed E-state index contributed by atoms with van der Waals surface area (Å²) in [7, 11) is 0. The van der Waals surface area contributed by atoms with Crippen molar-refractivity contribution in [2.75, 3.05) is 5.32 Å². The van der Waals surface area contributed by atoms with E-state index in [-0.39, 0.29) is 6.42 Å². The van der Waals surface area contributed by atoms with Gasteiger partial charge in [-0.2, -0.15) is 0 Å². The molecule has 0 spiro atoms. The molecule has 3 unspecified atom stereocenters. The molecule has 7 nitrogen and oxygen atoms in total. The summed E-state index contributed by atoms with van der Waals surface area (Å²) < 4.78 is 5.20. The maximum absolute atomic E-state index is 12.4. The van der Waals surface area contributed by atoms with Crippen LogP contribution in [0.2, 0.25) is 0 Å². The molecule has 1 aliphatic heterocycles. The molecule has 27 heavy (non-hydrogen) atoms. The van der Waals surface area contributed by atoms with Gasteiger partial charge >= 0.3 is 11.9 Å². The van der Waals surface area contributed by atoms with Crippen LogP contribution < -0.4 is 10.6 Å². The Balaban J connectivity index is 1.92. The molecule has 2 aromatic carbocycles. The first-order valence-electron chi connectivity index (χ1n) is 8.55. The maximum Gasteiger partial charge on any atom is 0.321 e. The van der Waals surface area contributed by atoms with Crippen LogP contribution in [0.5, 0.6) is 0 Å².